The fourth-order valence-corrected chi connectivity index (χ4v) is 4.66. The van der Waals surface area contributed by atoms with Gasteiger partial charge in [0.2, 0.25) is 17.8 Å². The van der Waals surface area contributed by atoms with Gasteiger partial charge in [-0.2, -0.15) is 20.1 Å². The summed E-state index contributed by atoms with van der Waals surface area (Å²) in [6.45, 7) is 3.33. The molecule has 1 aromatic carbocycles. The van der Waals surface area contributed by atoms with Crippen LogP contribution in [0.5, 0.6) is 0 Å². The molecule has 0 atom stereocenters. The summed E-state index contributed by atoms with van der Waals surface area (Å²) >= 11 is 0. The van der Waals surface area contributed by atoms with Crippen LogP contribution in [0.2, 0.25) is 0 Å². The minimum absolute atomic E-state index is 0.423. The highest BCUT2D eigenvalue weighted by Crippen LogP contribution is 2.26. The fraction of sp³-hybridized carbons (Fsp3) is 0.545. The van der Waals surface area contributed by atoms with Gasteiger partial charge in [0.05, 0.1) is 5.71 Å². The second-order valence-corrected chi connectivity index (χ2v) is 8.54. The van der Waals surface area contributed by atoms with Gasteiger partial charge in [-0.15, -0.1) is 0 Å². The van der Waals surface area contributed by atoms with Crippen molar-refractivity contribution < 1.29 is 0 Å². The van der Waals surface area contributed by atoms with Crippen molar-refractivity contribution in [2.45, 2.75) is 51.0 Å². The van der Waals surface area contributed by atoms with Gasteiger partial charge in [0.25, 0.3) is 0 Å². The molecule has 0 spiro atoms. The highest BCUT2D eigenvalue weighted by atomic mass is 15.4. The number of aromatic nitrogens is 3. The van der Waals surface area contributed by atoms with E-state index in [1.807, 2.05) is 30.3 Å². The Morgan fingerprint density at radius 2 is 1.57 bits per heavy atom. The zero-order valence-corrected chi connectivity index (χ0v) is 17.3. The van der Waals surface area contributed by atoms with Gasteiger partial charge in [0.1, 0.15) is 0 Å². The lowest BCUT2D eigenvalue weighted by molar-refractivity contribution is 0.200. The van der Waals surface area contributed by atoms with E-state index < -0.39 is 0 Å². The topological polar surface area (TPSA) is 90.4 Å². The lowest BCUT2D eigenvalue weighted by atomic mass is 9.87. The predicted molar refractivity (Wildman–Crippen MR) is 120 cm³/mol. The largest absolute Gasteiger partial charge is 0.351 e. The van der Waals surface area contributed by atoms with E-state index in [9.17, 15) is 0 Å². The molecule has 4 aliphatic rings. The van der Waals surface area contributed by atoms with Gasteiger partial charge < -0.3 is 10.6 Å². The van der Waals surface area contributed by atoms with Gasteiger partial charge >= 0.3 is 0 Å². The van der Waals surface area contributed by atoms with E-state index in [0.717, 1.165) is 25.1 Å². The Balaban J connectivity index is 1.35. The number of nitrogens with one attached hydrogen (secondary N) is 3. The number of hydrazone groups is 1. The normalized spacial score (nSPS) is 25.3. The second-order valence-electron chi connectivity index (χ2n) is 8.54. The molecule has 1 aliphatic carbocycles. The summed E-state index contributed by atoms with van der Waals surface area (Å²) < 4.78 is 0. The van der Waals surface area contributed by atoms with E-state index in [4.69, 9.17) is 0 Å². The molecule has 30 heavy (non-hydrogen) atoms. The minimum Gasteiger partial charge on any atom is -0.351 e. The second kappa shape index (κ2) is 8.95. The van der Waals surface area contributed by atoms with E-state index in [0.29, 0.717) is 29.8 Å². The van der Waals surface area contributed by atoms with Crippen LogP contribution < -0.4 is 16.1 Å². The van der Waals surface area contributed by atoms with Crippen LogP contribution >= 0.6 is 0 Å². The summed E-state index contributed by atoms with van der Waals surface area (Å²) in [6, 6.07) is 10.4. The molecule has 0 amide bonds. The molecule has 8 heteroatoms. The molecule has 2 aromatic rings. The third kappa shape index (κ3) is 4.70. The molecule has 2 bridgehead atoms. The van der Waals surface area contributed by atoms with Crippen LogP contribution in [0.1, 0.15) is 44.9 Å². The van der Waals surface area contributed by atoms with Gasteiger partial charge in [0, 0.05) is 24.2 Å². The van der Waals surface area contributed by atoms with Gasteiger partial charge in [0.15, 0.2) is 0 Å². The Labute approximate surface area is 177 Å². The van der Waals surface area contributed by atoms with Crippen molar-refractivity contribution in [3.05, 3.63) is 30.3 Å². The molecule has 4 heterocycles. The first-order valence-corrected chi connectivity index (χ1v) is 11.2. The van der Waals surface area contributed by atoms with Crippen LogP contribution in [-0.4, -0.2) is 51.2 Å². The summed E-state index contributed by atoms with van der Waals surface area (Å²) in [5, 5.41) is 11.5. The van der Waals surface area contributed by atoms with Crippen molar-refractivity contribution in [3.8, 4) is 0 Å². The minimum atomic E-state index is 0.423. The molecule has 3 saturated heterocycles. The summed E-state index contributed by atoms with van der Waals surface area (Å²) in [5.74, 6) is 2.19. The van der Waals surface area contributed by atoms with Crippen LogP contribution in [-0.2, 0) is 0 Å². The van der Waals surface area contributed by atoms with Crippen molar-refractivity contribution in [2.24, 2.45) is 11.0 Å². The number of rotatable bonds is 6. The molecule has 4 fully saturated rings. The molecule has 3 N–H and O–H groups in total. The van der Waals surface area contributed by atoms with Crippen LogP contribution in [0.25, 0.3) is 0 Å². The number of fused-ring (bicyclic) bond motifs is 3. The Morgan fingerprint density at radius 1 is 0.833 bits per heavy atom. The van der Waals surface area contributed by atoms with E-state index in [-0.39, 0.29) is 0 Å². The number of anilines is 4. The maximum atomic E-state index is 4.69. The average Bonchev–Trinajstić information content (AvgIpc) is 2.80. The highest BCUT2D eigenvalue weighted by Gasteiger charge is 2.30. The zero-order chi connectivity index (χ0) is 20.2. The summed E-state index contributed by atoms with van der Waals surface area (Å²) in [6.07, 6.45) is 8.56. The lowest BCUT2D eigenvalue weighted by Gasteiger charge is -2.39. The van der Waals surface area contributed by atoms with Gasteiger partial charge in [-0.05, 0) is 50.9 Å². The van der Waals surface area contributed by atoms with Gasteiger partial charge in [-0.25, -0.2) is 5.43 Å². The molecular formula is C22H30N8. The molecular weight excluding hydrogens is 376 g/mol. The first-order chi connectivity index (χ1) is 14.8. The van der Waals surface area contributed by atoms with Crippen LogP contribution in [0.15, 0.2) is 35.4 Å². The van der Waals surface area contributed by atoms with Crippen molar-refractivity contribution in [2.75, 3.05) is 35.7 Å². The van der Waals surface area contributed by atoms with E-state index in [2.05, 4.69) is 41.0 Å². The highest BCUT2D eigenvalue weighted by molar-refractivity contribution is 5.90. The number of nitrogens with zero attached hydrogens (tertiary/aromatic N) is 5. The van der Waals surface area contributed by atoms with E-state index in [1.54, 1.807) is 0 Å². The number of piperidine rings is 3. The third-order valence-electron chi connectivity index (χ3n) is 6.35. The molecule has 0 radical (unpaired) electrons. The van der Waals surface area contributed by atoms with Crippen molar-refractivity contribution in [3.63, 3.8) is 0 Å². The number of para-hydroxylation sites is 1. The molecule has 8 nitrogen and oxygen atoms in total. The predicted octanol–water partition coefficient (Wildman–Crippen LogP) is 3.85. The van der Waals surface area contributed by atoms with Crippen LogP contribution in [0.4, 0.5) is 23.5 Å². The van der Waals surface area contributed by atoms with Crippen LogP contribution in [0.3, 0.4) is 0 Å². The van der Waals surface area contributed by atoms with Crippen LogP contribution in [0, 0.1) is 5.92 Å². The quantitative estimate of drug-likeness (QED) is 0.628. The Morgan fingerprint density at radius 3 is 2.30 bits per heavy atom. The monoisotopic (exact) mass is 406 g/mol. The van der Waals surface area contributed by atoms with Crippen molar-refractivity contribution >= 4 is 29.2 Å². The number of hydrogen-bond acceptors (Lipinski definition) is 8. The summed E-state index contributed by atoms with van der Waals surface area (Å²) in [7, 11) is 0. The Hall–Kier alpha value is -2.74. The average molecular weight is 407 g/mol. The van der Waals surface area contributed by atoms with Gasteiger partial charge in [-0.3, -0.25) is 4.90 Å². The SMILES string of the molecule is c1ccc(Nc2nc(N/N=C3\CN4CCC3CC4)nc(NC3CCCCC3)n2)cc1. The smallest absolute Gasteiger partial charge is 0.250 e. The summed E-state index contributed by atoms with van der Waals surface area (Å²) in [5.41, 5.74) is 5.28. The van der Waals surface area contributed by atoms with Gasteiger partial charge in [-0.1, -0.05) is 37.5 Å². The first-order valence-electron chi connectivity index (χ1n) is 11.2. The molecule has 6 rings (SSSR count). The fourth-order valence-electron chi connectivity index (χ4n) is 4.66. The van der Waals surface area contributed by atoms with E-state index in [1.165, 1.54) is 50.9 Å². The maximum Gasteiger partial charge on any atom is 0.250 e. The maximum absolute atomic E-state index is 4.69. The molecule has 0 unspecified atom stereocenters. The number of hydrogen-bond donors (Lipinski definition) is 3. The summed E-state index contributed by atoms with van der Waals surface area (Å²) in [4.78, 5) is 16.3. The third-order valence-corrected chi connectivity index (χ3v) is 6.35. The molecule has 1 aromatic heterocycles. The standard InChI is InChI=1S/C22H30N8/c1-3-7-17(8-4-1)23-20-25-21(24-18-9-5-2-6-10-18)27-22(26-20)29-28-19-15-30-13-11-16(19)12-14-30/h1,3-4,7-8,16,18H,2,5-6,9-15H2,(H3,23,24,25,26,27,29)/b28-19+. The first kappa shape index (κ1) is 19.2. The molecule has 158 valence electrons. The molecule has 3 aliphatic heterocycles. The van der Waals surface area contributed by atoms with E-state index >= 15 is 0 Å². The van der Waals surface area contributed by atoms with Crippen molar-refractivity contribution in [1.82, 2.24) is 19.9 Å². The molecule has 1 saturated carbocycles. The lowest BCUT2D eigenvalue weighted by Crippen LogP contribution is -2.48. The van der Waals surface area contributed by atoms with Crippen molar-refractivity contribution in [1.29, 1.82) is 0 Å². The number of benzene rings is 1. The Bertz CT molecular complexity index is 870. The zero-order valence-electron chi connectivity index (χ0n) is 17.3. The Kier molecular flexibility index (Phi) is 5.74.